The van der Waals surface area contributed by atoms with Crippen LogP contribution in [0.4, 0.5) is 0 Å². The third-order valence-corrected chi connectivity index (χ3v) is 3.67. The van der Waals surface area contributed by atoms with Gasteiger partial charge in [-0.15, -0.1) is 0 Å². The smallest absolute Gasteiger partial charge is 0.226 e. The molecular formula is C21H19NO2. The van der Waals surface area contributed by atoms with Crippen molar-refractivity contribution in [1.29, 1.82) is 0 Å². The summed E-state index contributed by atoms with van der Waals surface area (Å²) in [6.07, 6.45) is 4.43. The predicted molar refractivity (Wildman–Crippen MR) is 97.5 cm³/mol. The number of nitrogens with zero attached hydrogens (tertiary/aromatic N) is 1. The van der Waals surface area contributed by atoms with Crippen molar-refractivity contribution in [3.63, 3.8) is 0 Å². The molecule has 0 fully saturated rings. The molecule has 0 aliphatic rings. The van der Waals surface area contributed by atoms with E-state index >= 15 is 0 Å². The van der Waals surface area contributed by atoms with Crippen molar-refractivity contribution < 1.29 is 9.52 Å². The Bertz CT molecular complexity index is 859. The van der Waals surface area contributed by atoms with Gasteiger partial charge in [-0.3, -0.25) is 0 Å². The van der Waals surface area contributed by atoms with Crippen molar-refractivity contribution in [2.24, 2.45) is 0 Å². The van der Waals surface area contributed by atoms with Gasteiger partial charge in [-0.05, 0) is 36.3 Å². The van der Waals surface area contributed by atoms with Gasteiger partial charge in [-0.25, -0.2) is 4.98 Å². The van der Waals surface area contributed by atoms with Gasteiger partial charge in [-0.1, -0.05) is 55.1 Å². The third-order valence-electron chi connectivity index (χ3n) is 3.67. The summed E-state index contributed by atoms with van der Waals surface area (Å²) in [6, 6.07) is 17.8. The number of hydrogen-bond acceptors (Lipinski definition) is 3. The van der Waals surface area contributed by atoms with E-state index in [0.717, 1.165) is 28.1 Å². The Morgan fingerprint density at radius 1 is 1.08 bits per heavy atom. The fraction of sp³-hybridized carbons (Fsp3) is 0.0952. The molecule has 120 valence electrons. The van der Waals surface area contributed by atoms with E-state index in [9.17, 15) is 5.11 Å². The van der Waals surface area contributed by atoms with Gasteiger partial charge >= 0.3 is 0 Å². The zero-order valence-corrected chi connectivity index (χ0v) is 13.6. The zero-order valence-electron chi connectivity index (χ0n) is 13.6. The lowest BCUT2D eigenvalue weighted by atomic mass is 10.1. The first-order chi connectivity index (χ1) is 11.6. The van der Waals surface area contributed by atoms with Crippen molar-refractivity contribution in [2.45, 2.75) is 13.3 Å². The minimum absolute atomic E-state index is 0.171. The van der Waals surface area contributed by atoms with Crippen LogP contribution in [0.3, 0.4) is 0 Å². The van der Waals surface area contributed by atoms with E-state index in [1.807, 2.05) is 73.7 Å². The lowest BCUT2D eigenvalue weighted by molar-refractivity contribution is 0.401. The Hall–Kier alpha value is -3.07. The molecule has 24 heavy (non-hydrogen) atoms. The minimum Gasteiger partial charge on any atom is -0.513 e. The topological polar surface area (TPSA) is 46.3 Å². The Balaban J connectivity index is 1.77. The molecule has 0 saturated carbocycles. The molecule has 1 N–H and O–H groups in total. The SMILES string of the molecule is C=C(O)Cc1ccc(/C=C/c2nc(-c3ccccc3)oc2C)cc1. The Kier molecular flexibility index (Phi) is 4.62. The van der Waals surface area contributed by atoms with Crippen LogP contribution in [0.5, 0.6) is 0 Å². The number of aliphatic hydroxyl groups is 1. The van der Waals surface area contributed by atoms with E-state index in [4.69, 9.17) is 4.42 Å². The summed E-state index contributed by atoms with van der Waals surface area (Å²) in [4.78, 5) is 4.55. The summed E-state index contributed by atoms with van der Waals surface area (Å²) in [7, 11) is 0. The summed E-state index contributed by atoms with van der Waals surface area (Å²) < 4.78 is 5.75. The summed E-state index contributed by atoms with van der Waals surface area (Å²) in [6.45, 7) is 5.42. The average Bonchev–Trinajstić information content (AvgIpc) is 2.95. The molecule has 0 atom stereocenters. The highest BCUT2D eigenvalue weighted by Gasteiger charge is 2.08. The van der Waals surface area contributed by atoms with Gasteiger partial charge in [0.2, 0.25) is 5.89 Å². The van der Waals surface area contributed by atoms with Gasteiger partial charge in [-0.2, -0.15) is 0 Å². The Labute approximate surface area is 141 Å². The number of hydrogen-bond donors (Lipinski definition) is 1. The molecule has 0 spiro atoms. The quantitative estimate of drug-likeness (QED) is 0.638. The number of oxazole rings is 1. The highest BCUT2D eigenvalue weighted by atomic mass is 16.4. The van der Waals surface area contributed by atoms with Gasteiger partial charge in [0.05, 0.1) is 5.76 Å². The number of rotatable bonds is 5. The highest BCUT2D eigenvalue weighted by Crippen LogP contribution is 2.22. The zero-order chi connectivity index (χ0) is 16.9. The largest absolute Gasteiger partial charge is 0.513 e. The van der Waals surface area contributed by atoms with Crippen molar-refractivity contribution in [3.8, 4) is 11.5 Å². The van der Waals surface area contributed by atoms with Crippen LogP contribution in [0, 0.1) is 6.92 Å². The minimum atomic E-state index is 0.171. The second-order valence-corrected chi connectivity index (χ2v) is 5.64. The van der Waals surface area contributed by atoms with Crippen LogP contribution in [0.2, 0.25) is 0 Å². The molecule has 0 saturated heterocycles. The maximum atomic E-state index is 9.23. The molecule has 3 nitrogen and oxygen atoms in total. The standard InChI is InChI=1S/C21H19NO2/c1-15(23)14-18-10-8-17(9-11-18)12-13-20-16(2)24-21(22-20)19-6-4-3-5-7-19/h3-13,23H,1,14H2,2H3/b13-12+. The van der Waals surface area contributed by atoms with Crippen LogP contribution in [0.15, 0.2) is 71.4 Å². The van der Waals surface area contributed by atoms with E-state index in [1.54, 1.807) is 0 Å². The van der Waals surface area contributed by atoms with Crippen LogP contribution in [0.1, 0.15) is 22.6 Å². The summed E-state index contributed by atoms with van der Waals surface area (Å²) in [5.41, 5.74) is 3.88. The number of benzene rings is 2. The molecule has 3 rings (SSSR count). The first-order valence-electron chi connectivity index (χ1n) is 7.78. The number of allylic oxidation sites excluding steroid dienone is 1. The molecule has 1 heterocycles. The molecule has 0 amide bonds. The second-order valence-electron chi connectivity index (χ2n) is 5.64. The van der Waals surface area contributed by atoms with Crippen molar-refractivity contribution in [2.75, 3.05) is 0 Å². The summed E-state index contributed by atoms with van der Waals surface area (Å²) >= 11 is 0. The van der Waals surface area contributed by atoms with Crippen LogP contribution >= 0.6 is 0 Å². The second kappa shape index (κ2) is 7.01. The molecule has 3 aromatic rings. The van der Waals surface area contributed by atoms with E-state index in [2.05, 4.69) is 11.6 Å². The monoisotopic (exact) mass is 317 g/mol. The molecule has 1 aromatic heterocycles. The van der Waals surface area contributed by atoms with Crippen LogP contribution in [-0.4, -0.2) is 10.1 Å². The van der Waals surface area contributed by atoms with Crippen molar-refractivity contribution >= 4 is 12.2 Å². The molecule has 0 aliphatic heterocycles. The van der Waals surface area contributed by atoms with E-state index in [1.165, 1.54) is 0 Å². The Morgan fingerprint density at radius 2 is 1.79 bits per heavy atom. The number of aliphatic hydroxyl groups excluding tert-OH is 1. The van der Waals surface area contributed by atoms with E-state index < -0.39 is 0 Å². The molecular weight excluding hydrogens is 298 g/mol. The summed E-state index contributed by atoms with van der Waals surface area (Å²) in [5, 5.41) is 9.23. The van der Waals surface area contributed by atoms with Gasteiger partial charge in [0.25, 0.3) is 0 Å². The molecule has 2 aromatic carbocycles. The fourth-order valence-corrected chi connectivity index (χ4v) is 2.42. The average molecular weight is 317 g/mol. The molecule has 3 heteroatoms. The normalized spacial score (nSPS) is 11.0. The first-order valence-corrected chi connectivity index (χ1v) is 7.78. The third kappa shape index (κ3) is 3.82. The van der Waals surface area contributed by atoms with Crippen LogP contribution < -0.4 is 0 Å². The van der Waals surface area contributed by atoms with Crippen molar-refractivity contribution in [1.82, 2.24) is 4.98 Å². The summed E-state index contributed by atoms with van der Waals surface area (Å²) in [5.74, 6) is 1.59. The molecule has 0 radical (unpaired) electrons. The van der Waals surface area contributed by atoms with E-state index in [0.29, 0.717) is 12.3 Å². The number of aromatic nitrogens is 1. The van der Waals surface area contributed by atoms with Gasteiger partial charge in [0.15, 0.2) is 0 Å². The molecule has 0 unspecified atom stereocenters. The van der Waals surface area contributed by atoms with Crippen molar-refractivity contribution in [3.05, 3.63) is 89.5 Å². The van der Waals surface area contributed by atoms with E-state index in [-0.39, 0.29) is 5.76 Å². The van der Waals surface area contributed by atoms with Crippen LogP contribution in [0.25, 0.3) is 23.6 Å². The fourth-order valence-electron chi connectivity index (χ4n) is 2.42. The lowest BCUT2D eigenvalue weighted by Gasteiger charge is -2.00. The molecule has 0 aliphatic carbocycles. The maximum absolute atomic E-state index is 9.23. The van der Waals surface area contributed by atoms with Gasteiger partial charge < -0.3 is 9.52 Å². The van der Waals surface area contributed by atoms with Gasteiger partial charge in [0.1, 0.15) is 11.5 Å². The lowest BCUT2D eigenvalue weighted by Crippen LogP contribution is -1.87. The maximum Gasteiger partial charge on any atom is 0.226 e. The van der Waals surface area contributed by atoms with Crippen LogP contribution in [-0.2, 0) is 6.42 Å². The number of aryl methyl sites for hydroxylation is 1. The first kappa shape index (κ1) is 15.8. The van der Waals surface area contributed by atoms with Gasteiger partial charge in [0, 0.05) is 12.0 Å². The predicted octanol–water partition coefficient (Wildman–Crippen LogP) is 5.43. The highest BCUT2D eigenvalue weighted by molar-refractivity contribution is 5.70. The Morgan fingerprint density at radius 3 is 2.46 bits per heavy atom. The molecule has 0 bridgehead atoms.